The molecule has 6 heteroatoms. The van der Waals surface area contributed by atoms with Gasteiger partial charge in [0, 0.05) is 23.8 Å². The topological polar surface area (TPSA) is 79.5 Å². The SMILES string of the molecule is COc1ccc(CNCC(=O)Nc2ccc(NC(=O)C(C)C)cc2)cc1. The third-order valence-corrected chi connectivity index (χ3v) is 3.73. The molecule has 26 heavy (non-hydrogen) atoms. The predicted molar refractivity (Wildman–Crippen MR) is 103 cm³/mol. The summed E-state index contributed by atoms with van der Waals surface area (Å²) in [6, 6.07) is 14.7. The van der Waals surface area contributed by atoms with Gasteiger partial charge < -0.3 is 20.7 Å². The van der Waals surface area contributed by atoms with Gasteiger partial charge in [0.15, 0.2) is 0 Å². The molecule has 0 aliphatic carbocycles. The standard InChI is InChI=1S/C20H25N3O3/c1-14(2)20(25)23-17-8-6-16(7-9-17)22-19(24)13-21-12-15-4-10-18(26-3)11-5-15/h4-11,14,21H,12-13H2,1-3H3,(H,22,24)(H,23,25). The molecule has 0 aromatic heterocycles. The maximum Gasteiger partial charge on any atom is 0.238 e. The maximum atomic E-state index is 12.0. The molecule has 2 aromatic carbocycles. The summed E-state index contributed by atoms with van der Waals surface area (Å²) in [5, 5.41) is 8.72. The zero-order valence-electron chi connectivity index (χ0n) is 15.3. The zero-order valence-corrected chi connectivity index (χ0v) is 15.3. The first-order chi connectivity index (χ1) is 12.5. The molecular formula is C20H25N3O3. The molecule has 2 rings (SSSR count). The Balaban J connectivity index is 1.75. The van der Waals surface area contributed by atoms with E-state index in [-0.39, 0.29) is 24.3 Å². The lowest BCUT2D eigenvalue weighted by Crippen LogP contribution is -2.27. The largest absolute Gasteiger partial charge is 0.497 e. The molecule has 0 heterocycles. The van der Waals surface area contributed by atoms with Crippen LogP contribution in [0.3, 0.4) is 0 Å². The van der Waals surface area contributed by atoms with Crippen molar-refractivity contribution < 1.29 is 14.3 Å². The molecule has 0 spiro atoms. The van der Waals surface area contributed by atoms with Crippen LogP contribution in [0.25, 0.3) is 0 Å². The summed E-state index contributed by atoms with van der Waals surface area (Å²) in [5.41, 5.74) is 2.46. The molecule has 0 saturated carbocycles. The molecule has 0 aliphatic rings. The van der Waals surface area contributed by atoms with Crippen molar-refractivity contribution in [2.45, 2.75) is 20.4 Å². The second-order valence-corrected chi connectivity index (χ2v) is 6.22. The van der Waals surface area contributed by atoms with Crippen LogP contribution in [0.5, 0.6) is 5.75 Å². The van der Waals surface area contributed by atoms with Crippen LogP contribution < -0.4 is 20.7 Å². The number of ether oxygens (including phenoxy) is 1. The third-order valence-electron chi connectivity index (χ3n) is 3.73. The average Bonchev–Trinajstić information content (AvgIpc) is 2.63. The minimum Gasteiger partial charge on any atom is -0.497 e. The average molecular weight is 355 g/mol. The number of hydrogen-bond acceptors (Lipinski definition) is 4. The molecule has 0 aliphatic heterocycles. The van der Waals surface area contributed by atoms with Crippen molar-refractivity contribution in [3.05, 3.63) is 54.1 Å². The first-order valence-electron chi connectivity index (χ1n) is 8.52. The van der Waals surface area contributed by atoms with E-state index in [1.165, 1.54) is 0 Å². The number of methoxy groups -OCH3 is 1. The fraction of sp³-hybridized carbons (Fsp3) is 0.300. The Hall–Kier alpha value is -2.86. The van der Waals surface area contributed by atoms with E-state index in [2.05, 4.69) is 16.0 Å². The van der Waals surface area contributed by atoms with Crippen molar-refractivity contribution in [3.63, 3.8) is 0 Å². The zero-order chi connectivity index (χ0) is 18.9. The van der Waals surface area contributed by atoms with Crippen LogP contribution in [-0.2, 0) is 16.1 Å². The van der Waals surface area contributed by atoms with Gasteiger partial charge in [-0.3, -0.25) is 9.59 Å². The Labute approximate surface area is 153 Å². The highest BCUT2D eigenvalue weighted by molar-refractivity contribution is 5.94. The summed E-state index contributed by atoms with van der Waals surface area (Å²) in [6.45, 7) is 4.47. The van der Waals surface area contributed by atoms with E-state index in [0.717, 1.165) is 11.3 Å². The van der Waals surface area contributed by atoms with E-state index in [4.69, 9.17) is 4.74 Å². The Kier molecular flexibility index (Phi) is 7.17. The monoisotopic (exact) mass is 355 g/mol. The Morgan fingerprint density at radius 3 is 2.04 bits per heavy atom. The number of benzene rings is 2. The van der Waals surface area contributed by atoms with Crippen molar-refractivity contribution in [3.8, 4) is 5.75 Å². The molecule has 2 aromatic rings. The van der Waals surface area contributed by atoms with Gasteiger partial charge in [0.05, 0.1) is 13.7 Å². The van der Waals surface area contributed by atoms with Crippen LogP contribution in [0.1, 0.15) is 19.4 Å². The van der Waals surface area contributed by atoms with Crippen LogP contribution in [0.15, 0.2) is 48.5 Å². The van der Waals surface area contributed by atoms with Crippen LogP contribution in [0, 0.1) is 5.92 Å². The van der Waals surface area contributed by atoms with Gasteiger partial charge in [0.25, 0.3) is 0 Å². The number of nitrogens with one attached hydrogen (secondary N) is 3. The van der Waals surface area contributed by atoms with Gasteiger partial charge >= 0.3 is 0 Å². The first kappa shape index (κ1) is 19.5. The quantitative estimate of drug-likeness (QED) is 0.680. The van der Waals surface area contributed by atoms with Gasteiger partial charge in [-0.25, -0.2) is 0 Å². The van der Waals surface area contributed by atoms with Crippen LogP contribution >= 0.6 is 0 Å². The van der Waals surface area contributed by atoms with E-state index >= 15 is 0 Å². The highest BCUT2D eigenvalue weighted by Gasteiger charge is 2.07. The van der Waals surface area contributed by atoms with Gasteiger partial charge in [-0.1, -0.05) is 26.0 Å². The molecule has 2 amide bonds. The van der Waals surface area contributed by atoms with Gasteiger partial charge in [-0.2, -0.15) is 0 Å². The highest BCUT2D eigenvalue weighted by Crippen LogP contribution is 2.14. The summed E-state index contributed by atoms with van der Waals surface area (Å²) in [4.78, 5) is 23.6. The molecule has 0 saturated heterocycles. The van der Waals surface area contributed by atoms with Gasteiger partial charge in [0.2, 0.25) is 11.8 Å². The molecular weight excluding hydrogens is 330 g/mol. The van der Waals surface area contributed by atoms with Crippen LogP contribution in [0.4, 0.5) is 11.4 Å². The lowest BCUT2D eigenvalue weighted by molar-refractivity contribution is -0.119. The maximum absolute atomic E-state index is 12.0. The van der Waals surface area contributed by atoms with E-state index < -0.39 is 0 Å². The van der Waals surface area contributed by atoms with E-state index in [1.807, 2.05) is 38.1 Å². The fourth-order valence-corrected chi connectivity index (χ4v) is 2.19. The normalized spacial score (nSPS) is 10.5. The van der Waals surface area contributed by atoms with Crippen molar-refractivity contribution >= 4 is 23.2 Å². The minimum absolute atomic E-state index is 0.0375. The van der Waals surface area contributed by atoms with Gasteiger partial charge in [0.1, 0.15) is 5.75 Å². The smallest absolute Gasteiger partial charge is 0.238 e. The van der Waals surface area contributed by atoms with Gasteiger partial charge in [-0.15, -0.1) is 0 Å². The molecule has 138 valence electrons. The number of rotatable bonds is 8. The van der Waals surface area contributed by atoms with Crippen LogP contribution in [0.2, 0.25) is 0 Å². The summed E-state index contributed by atoms with van der Waals surface area (Å²) in [6.07, 6.45) is 0. The summed E-state index contributed by atoms with van der Waals surface area (Å²) >= 11 is 0. The molecule has 0 atom stereocenters. The van der Waals surface area contributed by atoms with E-state index in [1.54, 1.807) is 31.4 Å². The number of hydrogen-bond donors (Lipinski definition) is 3. The molecule has 0 fully saturated rings. The Bertz CT molecular complexity index is 725. The molecule has 6 nitrogen and oxygen atoms in total. The number of carbonyl (C=O) groups is 2. The lowest BCUT2D eigenvalue weighted by atomic mass is 10.2. The van der Waals surface area contributed by atoms with Crippen molar-refractivity contribution in [1.82, 2.24) is 5.32 Å². The third kappa shape index (κ3) is 6.22. The highest BCUT2D eigenvalue weighted by atomic mass is 16.5. The van der Waals surface area contributed by atoms with Crippen LogP contribution in [-0.4, -0.2) is 25.5 Å². The minimum atomic E-state index is -0.127. The van der Waals surface area contributed by atoms with Gasteiger partial charge in [-0.05, 0) is 42.0 Å². The van der Waals surface area contributed by atoms with Crippen molar-refractivity contribution in [1.29, 1.82) is 0 Å². The fourth-order valence-electron chi connectivity index (χ4n) is 2.19. The Morgan fingerprint density at radius 2 is 1.50 bits per heavy atom. The second-order valence-electron chi connectivity index (χ2n) is 6.22. The van der Waals surface area contributed by atoms with Crippen molar-refractivity contribution in [2.24, 2.45) is 5.92 Å². The van der Waals surface area contributed by atoms with E-state index in [0.29, 0.717) is 17.9 Å². The summed E-state index contributed by atoms with van der Waals surface area (Å²) < 4.78 is 5.11. The number of anilines is 2. The molecule has 0 radical (unpaired) electrons. The summed E-state index contributed by atoms with van der Waals surface area (Å²) in [7, 11) is 1.63. The predicted octanol–water partition coefficient (Wildman–Crippen LogP) is 3.02. The molecule has 0 bridgehead atoms. The Morgan fingerprint density at radius 1 is 0.923 bits per heavy atom. The van der Waals surface area contributed by atoms with Crippen molar-refractivity contribution in [2.75, 3.05) is 24.3 Å². The second kappa shape index (κ2) is 9.58. The van der Waals surface area contributed by atoms with E-state index in [9.17, 15) is 9.59 Å². The number of carbonyl (C=O) groups excluding carboxylic acids is 2. The number of amides is 2. The first-order valence-corrected chi connectivity index (χ1v) is 8.52. The molecule has 0 unspecified atom stereocenters. The summed E-state index contributed by atoms with van der Waals surface area (Å²) in [5.74, 6) is 0.563. The molecule has 3 N–H and O–H groups in total. The lowest BCUT2D eigenvalue weighted by Gasteiger charge is -2.10.